The van der Waals surface area contributed by atoms with E-state index in [1.54, 1.807) is 7.11 Å². The highest BCUT2D eigenvalue weighted by atomic mass is 16.5. The molecule has 0 radical (unpaired) electrons. The topological polar surface area (TPSA) is 64.2 Å². The van der Waals surface area contributed by atoms with E-state index in [1.165, 1.54) is 13.3 Å². The molecule has 1 heterocycles. The van der Waals surface area contributed by atoms with Crippen molar-refractivity contribution in [2.75, 3.05) is 14.2 Å². The summed E-state index contributed by atoms with van der Waals surface area (Å²) < 4.78 is 10.2. The zero-order valence-corrected chi connectivity index (χ0v) is 9.58. The van der Waals surface area contributed by atoms with Crippen LogP contribution in [0.4, 0.5) is 0 Å². The Labute approximate surface area is 94.2 Å². The third-order valence-electron chi connectivity index (χ3n) is 3.21. The number of nitrogens with one attached hydrogen (secondary N) is 1. The van der Waals surface area contributed by atoms with Gasteiger partial charge >= 0.3 is 5.97 Å². The number of esters is 1. The Bertz CT molecular complexity index is 380. The van der Waals surface area contributed by atoms with Gasteiger partial charge in [0.05, 0.1) is 13.3 Å². The number of ether oxygens (including phenoxy) is 2. The van der Waals surface area contributed by atoms with Crippen molar-refractivity contribution >= 4 is 5.97 Å². The van der Waals surface area contributed by atoms with Crippen LogP contribution in [-0.4, -0.2) is 30.2 Å². The molecule has 1 fully saturated rings. The van der Waals surface area contributed by atoms with Gasteiger partial charge in [-0.15, -0.1) is 0 Å². The third kappa shape index (κ3) is 1.71. The van der Waals surface area contributed by atoms with Gasteiger partial charge in [0.15, 0.2) is 0 Å². The third-order valence-corrected chi connectivity index (χ3v) is 3.21. The van der Waals surface area contributed by atoms with Crippen molar-refractivity contribution in [1.82, 2.24) is 9.97 Å². The van der Waals surface area contributed by atoms with Crippen molar-refractivity contribution in [1.29, 1.82) is 0 Å². The highest BCUT2D eigenvalue weighted by molar-refractivity contribution is 5.86. The first-order chi connectivity index (χ1) is 7.72. The fourth-order valence-corrected chi connectivity index (χ4v) is 2.25. The normalized spacial score (nSPS) is 18.6. The molecule has 0 spiro atoms. The molecule has 5 nitrogen and oxygen atoms in total. The summed E-state index contributed by atoms with van der Waals surface area (Å²) in [5.74, 6) is 0.330. The maximum atomic E-state index is 11.3. The number of aromatic amines is 1. The van der Waals surface area contributed by atoms with E-state index in [0.29, 0.717) is 5.69 Å². The lowest BCUT2D eigenvalue weighted by Gasteiger charge is -2.24. The van der Waals surface area contributed by atoms with Crippen LogP contribution in [0.3, 0.4) is 0 Å². The van der Waals surface area contributed by atoms with Crippen molar-refractivity contribution in [3.05, 3.63) is 17.7 Å². The largest absolute Gasteiger partial charge is 0.464 e. The van der Waals surface area contributed by atoms with E-state index in [0.717, 1.165) is 31.5 Å². The van der Waals surface area contributed by atoms with Crippen molar-refractivity contribution in [3.8, 4) is 0 Å². The minimum atomic E-state index is -0.400. The van der Waals surface area contributed by atoms with E-state index in [4.69, 9.17) is 4.74 Å². The molecule has 0 amide bonds. The molecule has 1 aliphatic carbocycles. The molecule has 2 rings (SSSR count). The summed E-state index contributed by atoms with van der Waals surface area (Å²) in [4.78, 5) is 18.5. The van der Waals surface area contributed by atoms with Crippen LogP contribution < -0.4 is 0 Å². The Morgan fingerprint density at radius 2 is 2.12 bits per heavy atom. The number of carbonyl (C=O) groups is 1. The molecular weight excluding hydrogens is 208 g/mol. The molecule has 1 aromatic heterocycles. The van der Waals surface area contributed by atoms with Crippen LogP contribution in [0.1, 0.15) is 42.0 Å². The van der Waals surface area contributed by atoms with E-state index < -0.39 is 5.97 Å². The van der Waals surface area contributed by atoms with Gasteiger partial charge in [-0.25, -0.2) is 9.78 Å². The molecule has 5 heteroatoms. The van der Waals surface area contributed by atoms with Gasteiger partial charge in [0.2, 0.25) is 0 Å². The quantitative estimate of drug-likeness (QED) is 0.792. The maximum Gasteiger partial charge on any atom is 0.356 e. The van der Waals surface area contributed by atoms with Crippen molar-refractivity contribution < 1.29 is 14.3 Å². The van der Waals surface area contributed by atoms with Gasteiger partial charge < -0.3 is 14.5 Å². The van der Waals surface area contributed by atoms with Crippen LogP contribution in [-0.2, 0) is 15.1 Å². The summed E-state index contributed by atoms with van der Waals surface area (Å²) in [5.41, 5.74) is 0.0348. The van der Waals surface area contributed by atoms with Crippen LogP contribution >= 0.6 is 0 Å². The first kappa shape index (κ1) is 11.1. The Hall–Kier alpha value is -1.36. The Balaban J connectivity index is 2.26. The van der Waals surface area contributed by atoms with Gasteiger partial charge in [-0.1, -0.05) is 0 Å². The average Bonchev–Trinajstić information content (AvgIpc) is 2.96. The van der Waals surface area contributed by atoms with E-state index in [9.17, 15) is 4.79 Å². The van der Waals surface area contributed by atoms with E-state index >= 15 is 0 Å². The molecule has 1 saturated carbocycles. The smallest absolute Gasteiger partial charge is 0.356 e. The Morgan fingerprint density at radius 3 is 2.69 bits per heavy atom. The summed E-state index contributed by atoms with van der Waals surface area (Å²) in [6.07, 6.45) is 5.64. The number of hydrogen-bond acceptors (Lipinski definition) is 4. The molecule has 0 bridgehead atoms. The molecule has 88 valence electrons. The van der Waals surface area contributed by atoms with E-state index in [-0.39, 0.29) is 5.60 Å². The van der Waals surface area contributed by atoms with Crippen molar-refractivity contribution in [2.24, 2.45) is 0 Å². The van der Waals surface area contributed by atoms with Crippen LogP contribution in [0.15, 0.2) is 6.20 Å². The number of hydrogen-bond donors (Lipinski definition) is 1. The second-order valence-electron chi connectivity index (χ2n) is 4.04. The van der Waals surface area contributed by atoms with Crippen LogP contribution in [0.5, 0.6) is 0 Å². The molecule has 0 aliphatic heterocycles. The lowest BCUT2D eigenvalue weighted by Crippen LogP contribution is -2.26. The highest BCUT2D eigenvalue weighted by Crippen LogP contribution is 2.40. The second-order valence-corrected chi connectivity index (χ2v) is 4.04. The molecule has 0 aromatic carbocycles. The molecule has 1 N–H and O–H groups in total. The van der Waals surface area contributed by atoms with E-state index in [1.807, 2.05) is 0 Å². The molecule has 1 aromatic rings. The molecule has 0 unspecified atom stereocenters. The van der Waals surface area contributed by atoms with Gasteiger partial charge in [-0.2, -0.15) is 0 Å². The van der Waals surface area contributed by atoms with Gasteiger partial charge in [0.25, 0.3) is 0 Å². The SMILES string of the molecule is COC(=O)c1cnc(C2(OC)CCCC2)[nH]1. The van der Waals surface area contributed by atoms with Gasteiger partial charge in [-0.3, -0.25) is 0 Å². The van der Waals surface area contributed by atoms with Crippen LogP contribution in [0, 0.1) is 0 Å². The zero-order chi connectivity index (χ0) is 11.6. The predicted molar refractivity (Wildman–Crippen MR) is 57.1 cm³/mol. The Kier molecular flexibility index (Phi) is 2.96. The maximum absolute atomic E-state index is 11.3. The summed E-state index contributed by atoms with van der Waals surface area (Å²) in [6.45, 7) is 0. The Morgan fingerprint density at radius 1 is 1.44 bits per heavy atom. The number of H-pyrrole nitrogens is 1. The first-order valence-electron chi connectivity index (χ1n) is 5.41. The van der Waals surface area contributed by atoms with Gasteiger partial charge in [-0.05, 0) is 25.7 Å². The minimum absolute atomic E-state index is 0.341. The molecule has 0 saturated heterocycles. The second kappa shape index (κ2) is 4.25. The number of aromatic nitrogens is 2. The fourth-order valence-electron chi connectivity index (χ4n) is 2.25. The summed E-state index contributed by atoms with van der Waals surface area (Å²) in [5, 5.41) is 0. The molecule has 1 aliphatic rings. The lowest BCUT2D eigenvalue weighted by atomic mass is 10.0. The number of rotatable bonds is 3. The van der Waals surface area contributed by atoms with Crippen molar-refractivity contribution in [2.45, 2.75) is 31.3 Å². The molecular formula is C11H16N2O3. The fraction of sp³-hybridized carbons (Fsp3) is 0.636. The average molecular weight is 224 g/mol. The number of carbonyl (C=O) groups excluding carboxylic acids is 1. The number of nitrogens with zero attached hydrogens (tertiary/aromatic N) is 1. The standard InChI is InChI=1S/C11H16N2O3/c1-15-9(14)8-7-12-10(13-8)11(16-2)5-3-4-6-11/h7H,3-6H2,1-2H3,(H,12,13). The first-order valence-corrected chi connectivity index (χ1v) is 5.41. The molecule has 16 heavy (non-hydrogen) atoms. The van der Waals surface area contributed by atoms with Crippen LogP contribution in [0.25, 0.3) is 0 Å². The highest BCUT2D eigenvalue weighted by Gasteiger charge is 2.38. The summed E-state index contributed by atoms with van der Waals surface area (Å²) in [7, 11) is 3.04. The predicted octanol–water partition coefficient (Wildman–Crippen LogP) is 1.61. The number of imidazole rings is 1. The number of methoxy groups -OCH3 is 2. The zero-order valence-electron chi connectivity index (χ0n) is 9.58. The minimum Gasteiger partial charge on any atom is -0.464 e. The van der Waals surface area contributed by atoms with Crippen LogP contribution in [0.2, 0.25) is 0 Å². The summed E-state index contributed by atoms with van der Waals surface area (Å²) in [6, 6.07) is 0. The van der Waals surface area contributed by atoms with E-state index in [2.05, 4.69) is 14.7 Å². The van der Waals surface area contributed by atoms with Gasteiger partial charge in [0, 0.05) is 7.11 Å². The van der Waals surface area contributed by atoms with Gasteiger partial charge in [0.1, 0.15) is 17.1 Å². The van der Waals surface area contributed by atoms with Crippen molar-refractivity contribution in [3.63, 3.8) is 0 Å². The lowest BCUT2D eigenvalue weighted by molar-refractivity contribution is -0.0157. The molecule has 0 atom stereocenters. The summed E-state index contributed by atoms with van der Waals surface area (Å²) >= 11 is 0. The monoisotopic (exact) mass is 224 g/mol.